The number of hydrogen-bond acceptors (Lipinski definition) is 6. The molecule has 0 bridgehead atoms. The van der Waals surface area contributed by atoms with Crippen molar-refractivity contribution < 1.29 is 14.7 Å². The van der Waals surface area contributed by atoms with E-state index in [1.54, 1.807) is 23.7 Å². The number of anilines is 2. The van der Waals surface area contributed by atoms with Crippen molar-refractivity contribution in [3.8, 4) is 5.75 Å². The minimum absolute atomic E-state index is 0.0119. The minimum Gasteiger partial charge on any atom is -0.508 e. The third-order valence-corrected chi connectivity index (χ3v) is 5.14. The van der Waals surface area contributed by atoms with Crippen molar-refractivity contribution >= 4 is 34.0 Å². The van der Waals surface area contributed by atoms with E-state index in [1.165, 1.54) is 23.5 Å². The number of benzene rings is 2. The molecule has 2 aromatic carbocycles. The molecular weight excluding hydrogens is 414 g/mol. The van der Waals surface area contributed by atoms with Gasteiger partial charge in [-0.05, 0) is 42.0 Å². The minimum atomic E-state index is -0.379. The molecule has 0 aliphatic carbocycles. The molecule has 0 fully saturated rings. The number of aromatic hydroxyl groups is 1. The van der Waals surface area contributed by atoms with Crippen molar-refractivity contribution in [2.24, 2.45) is 0 Å². The molecule has 2 amide bonds. The lowest BCUT2D eigenvalue weighted by Gasteiger charge is -2.07. The number of carbonyl (C=O) groups excluding carboxylic acids is 2. The Labute approximate surface area is 182 Å². The maximum absolute atomic E-state index is 12.4. The van der Waals surface area contributed by atoms with Gasteiger partial charge in [-0.15, -0.1) is 11.3 Å². The molecule has 0 aliphatic rings. The van der Waals surface area contributed by atoms with Crippen LogP contribution in [0.4, 0.5) is 10.8 Å². The molecule has 8 nitrogen and oxygen atoms in total. The summed E-state index contributed by atoms with van der Waals surface area (Å²) in [6.07, 6.45) is 3.69. The first-order valence-electron chi connectivity index (χ1n) is 9.46. The lowest BCUT2D eigenvalue weighted by atomic mass is 10.2. The first kappa shape index (κ1) is 20.3. The second-order valence-corrected chi connectivity index (χ2v) is 7.64. The zero-order valence-corrected chi connectivity index (χ0v) is 17.2. The van der Waals surface area contributed by atoms with Crippen LogP contribution in [-0.4, -0.2) is 31.7 Å². The van der Waals surface area contributed by atoms with Gasteiger partial charge in [0.25, 0.3) is 5.91 Å². The van der Waals surface area contributed by atoms with Gasteiger partial charge < -0.3 is 10.4 Å². The Balaban J connectivity index is 1.33. The second kappa shape index (κ2) is 9.23. The van der Waals surface area contributed by atoms with Gasteiger partial charge in [0.1, 0.15) is 5.75 Å². The van der Waals surface area contributed by atoms with Crippen LogP contribution in [0, 0.1) is 0 Å². The van der Waals surface area contributed by atoms with Gasteiger partial charge in [-0.2, -0.15) is 5.10 Å². The first-order chi connectivity index (χ1) is 15.0. The molecule has 0 atom stereocenters. The fourth-order valence-corrected chi connectivity index (χ4v) is 3.67. The van der Waals surface area contributed by atoms with E-state index < -0.39 is 0 Å². The Hall–Kier alpha value is -3.98. The maximum Gasteiger partial charge on any atom is 0.257 e. The summed E-state index contributed by atoms with van der Waals surface area (Å²) >= 11 is 1.23. The highest BCUT2D eigenvalue weighted by atomic mass is 32.1. The summed E-state index contributed by atoms with van der Waals surface area (Å²) in [4.78, 5) is 29.0. The molecule has 4 aromatic rings. The Morgan fingerprint density at radius 2 is 1.94 bits per heavy atom. The number of thiazole rings is 1. The van der Waals surface area contributed by atoms with E-state index in [0.29, 0.717) is 28.6 Å². The van der Waals surface area contributed by atoms with Crippen molar-refractivity contribution in [3.63, 3.8) is 0 Å². The average molecular weight is 433 g/mol. The third-order valence-electron chi connectivity index (χ3n) is 4.34. The number of amides is 2. The molecule has 0 aliphatic heterocycles. The van der Waals surface area contributed by atoms with Crippen LogP contribution in [0.2, 0.25) is 0 Å². The van der Waals surface area contributed by atoms with Gasteiger partial charge in [-0.3, -0.25) is 19.6 Å². The molecule has 4 rings (SSSR count). The fraction of sp³-hybridized carbons (Fsp3) is 0.0909. The van der Waals surface area contributed by atoms with Crippen LogP contribution in [0.15, 0.2) is 72.4 Å². The van der Waals surface area contributed by atoms with Crippen LogP contribution >= 0.6 is 11.3 Å². The maximum atomic E-state index is 12.4. The average Bonchev–Trinajstić information content (AvgIpc) is 3.40. The van der Waals surface area contributed by atoms with E-state index in [4.69, 9.17) is 0 Å². The van der Waals surface area contributed by atoms with Crippen molar-refractivity contribution in [2.45, 2.75) is 13.0 Å². The van der Waals surface area contributed by atoms with E-state index in [9.17, 15) is 14.7 Å². The molecule has 0 saturated carbocycles. The van der Waals surface area contributed by atoms with Gasteiger partial charge in [0.15, 0.2) is 5.13 Å². The zero-order chi connectivity index (χ0) is 21.6. The quantitative estimate of drug-likeness (QED) is 0.413. The number of nitrogens with one attached hydrogen (secondary N) is 2. The molecular formula is C22H19N5O3S. The van der Waals surface area contributed by atoms with E-state index >= 15 is 0 Å². The molecule has 0 saturated heterocycles. The van der Waals surface area contributed by atoms with Crippen LogP contribution in [0.25, 0.3) is 0 Å². The topological polar surface area (TPSA) is 109 Å². The summed E-state index contributed by atoms with van der Waals surface area (Å²) in [6.45, 7) is 0.616. The van der Waals surface area contributed by atoms with Crippen molar-refractivity contribution in [1.82, 2.24) is 14.8 Å². The van der Waals surface area contributed by atoms with Crippen LogP contribution in [0.1, 0.15) is 21.6 Å². The monoisotopic (exact) mass is 433 g/mol. The highest BCUT2D eigenvalue weighted by Crippen LogP contribution is 2.19. The Kier molecular flexibility index (Phi) is 6.04. The summed E-state index contributed by atoms with van der Waals surface area (Å²) < 4.78 is 1.81. The summed E-state index contributed by atoms with van der Waals surface area (Å²) in [7, 11) is 0. The number of rotatable bonds is 7. The summed E-state index contributed by atoms with van der Waals surface area (Å²) in [6, 6.07) is 15.5. The van der Waals surface area contributed by atoms with Gasteiger partial charge in [0.05, 0.1) is 18.7 Å². The molecule has 0 spiro atoms. The normalized spacial score (nSPS) is 10.6. The van der Waals surface area contributed by atoms with Crippen LogP contribution in [0.3, 0.4) is 0 Å². The van der Waals surface area contributed by atoms with E-state index in [-0.39, 0.29) is 24.0 Å². The van der Waals surface area contributed by atoms with E-state index in [2.05, 4.69) is 20.7 Å². The SMILES string of the molecule is O=C(Cc1csc(NC(=O)c2cccc(O)c2)n1)Nc1cccc(Cn2cccn2)c1. The van der Waals surface area contributed by atoms with E-state index in [0.717, 1.165) is 5.56 Å². The van der Waals surface area contributed by atoms with Crippen molar-refractivity contribution in [2.75, 3.05) is 10.6 Å². The molecule has 31 heavy (non-hydrogen) atoms. The third kappa shape index (κ3) is 5.55. The predicted molar refractivity (Wildman–Crippen MR) is 118 cm³/mol. The molecule has 2 aromatic heterocycles. The summed E-state index contributed by atoms with van der Waals surface area (Å²) in [5.74, 6) is -0.569. The van der Waals surface area contributed by atoms with E-state index in [1.807, 2.05) is 41.2 Å². The van der Waals surface area contributed by atoms with Crippen molar-refractivity contribution in [3.05, 3.63) is 89.2 Å². The molecule has 9 heteroatoms. The van der Waals surface area contributed by atoms with Crippen molar-refractivity contribution in [1.29, 1.82) is 0 Å². The number of aromatic nitrogens is 3. The lowest BCUT2D eigenvalue weighted by molar-refractivity contribution is -0.115. The number of carbonyl (C=O) groups is 2. The fourth-order valence-electron chi connectivity index (χ4n) is 2.96. The Bertz CT molecular complexity index is 1200. The summed E-state index contributed by atoms with van der Waals surface area (Å²) in [5, 5.41) is 21.3. The number of phenols is 1. The molecule has 0 unspecified atom stereocenters. The van der Waals surface area contributed by atoms with Gasteiger partial charge in [0, 0.05) is 29.0 Å². The number of phenolic OH excluding ortho intramolecular Hbond substituents is 1. The predicted octanol–water partition coefficient (Wildman–Crippen LogP) is 3.53. The molecule has 2 heterocycles. The van der Waals surface area contributed by atoms with Gasteiger partial charge in [-0.1, -0.05) is 18.2 Å². The highest BCUT2D eigenvalue weighted by Gasteiger charge is 2.12. The van der Waals surface area contributed by atoms with Gasteiger partial charge in [-0.25, -0.2) is 4.98 Å². The van der Waals surface area contributed by atoms with Crippen LogP contribution in [0.5, 0.6) is 5.75 Å². The first-order valence-corrected chi connectivity index (χ1v) is 10.3. The number of hydrogen-bond donors (Lipinski definition) is 3. The van der Waals surface area contributed by atoms with Crippen LogP contribution < -0.4 is 10.6 Å². The highest BCUT2D eigenvalue weighted by molar-refractivity contribution is 7.14. The Morgan fingerprint density at radius 1 is 1.06 bits per heavy atom. The molecule has 0 radical (unpaired) electrons. The summed E-state index contributed by atoms with van der Waals surface area (Å²) in [5.41, 5.74) is 2.60. The molecule has 3 N–H and O–H groups in total. The standard InChI is InChI=1S/C22H19N5O3S/c28-19-7-2-5-16(11-19)21(30)26-22-25-18(14-31-22)12-20(29)24-17-6-1-4-15(10-17)13-27-9-3-8-23-27/h1-11,14,28H,12-13H2,(H,24,29)(H,25,26,30). The number of nitrogens with zero attached hydrogens (tertiary/aromatic N) is 3. The van der Waals surface area contributed by atoms with Gasteiger partial charge in [0.2, 0.25) is 5.91 Å². The smallest absolute Gasteiger partial charge is 0.257 e. The molecule has 156 valence electrons. The van der Waals surface area contributed by atoms with Crippen LogP contribution in [-0.2, 0) is 17.8 Å². The Morgan fingerprint density at radius 3 is 2.74 bits per heavy atom. The lowest BCUT2D eigenvalue weighted by Crippen LogP contribution is -2.15. The second-order valence-electron chi connectivity index (χ2n) is 6.78. The van der Waals surface area contributed by atoms with Gasteiger partial charge >= 0.3 is 0 Å². The largest absolute Gasteiger partial charge is 0.508 e. The zero-order valence-electron chi connectivity index (χ0n) is 16.4.